The van der Waals surface area contributed by atoms with Gasteiger partial charge in [0.1, 0.15) is 5.75 Å². The van der Waals surface area contributed by atoms with Crippen molar-refractivity contribution < 1.29 is 9.53 Å². The fourth-order valence-electron chi connectivity index (χ4n) is 3.50. The van der Waals surface area contributed by atoms with Crippen molar-refractivity contribution in [3.63, 3.8) is 0 Å². The number of para-hydroxylation sites is 1. The Labute approximate surface area is 162 Å². The van der Waals surface area contributed by atoms with Crippen LogP contribution in [0.2, 0.25) is 0 Å². The number of hydrogen-bond acceptors (Lipinski definition) is 5. The van der Waals surface area contributed by atoms with E-state index in [4.69, 9.17) is 10.5 Å². The Hall–Kier alpha value is -2.44. The normalized spacial score (nSPS) is 17.9. The number of piperidine rings is 1. The smallest absolute Gasteiger partial charge is 0.279 e. The van der Waals surface area contributed by atoms with E-state index in [9.17, 15) is 4.79 Å². The standard InChI is InChI=1S/C21H23N3O2S/c22-20(25)16-4-3-12-24(14-16)13-11-15-7-9-17(10-8-15)26-21-23-18-5-1-2-6-19(18)27-21/h1-2,5-10,16H,3-4,11-14H2,(H2,22,25). The average Bonchev–Trinajstić information content (AvgIpc) is 3.10. The minimum Gasteiger partial charge on any atom is -0.431 e. The first-order valence-electron chi connectivity index (χ1n) is 9.31. The molecule has 0 aliphatic carbocycles. The molecule has 140 valence electrons. The Kier molecular flexibility index (Phi) is 5.36. The summed E-state index contributed by atoms with van der Waals surface area (Å²) in [5.41, 5.74) is 7.68. The molecule has 5 nitrogen and oxygen atoms in total. The molecule has 2 N–H and O–H groups in total. The summed E-state index contributed by atoms with van der Waals surface area (Å²) in [5.74, 6) is 0.629. The molecular formula is C21H23N3O2S. The first-order valence-corrected chi connectivity index (χ1v) is 10.1. The summed E-state index contributed by atoms with van der Waals surface area (Å²) in [5, 5.41) is 0.662. The number of amides is 1. The second-order valence-electron chi connectivity index (χ2n) is 6.99. The van der Waals surface area contributed by atoms with E-state index in [-0.39, 0.29) is 11.8 Å². The van der Waals surface area contributed by atoms with E-state index in [1.54, 1.807) is 11.3 Å². The highest BCUT2D eigenvalue weighted by Gasteiger charge is 2.23. The van der Waals surface area contributed by atoms with Crippen LogP contribution in [0.4, 0.5) is 0 Å². The molecule has 1 atom stereocenters. The van der Waals surface area contributed by atoms with Crippen molar-refractivity contribution in [2.24, 2.45) is 11.7 Å². The second-order valence-corrected chi connectivity index (χ2v) is 7.98. The number of fused-ring (bicyclic) bond motifs is 1. The summed E-state index contributed by atoms with van der Waals surface area (Å²) in [6, 6.07) is 16.2. The molecule has 0 radical (unpaired) electrons. The van der Waals surface area contributed by atoms with E-state index in [0.29, 0.717) is 5.19 Å². The van der Waals surface area contributed by atoms with Crippen LogP contribution in [0.1, 0.15) is 18.4 Å². The zero-order chi connectivity index (χ0) is 18.6. The van der Waals surface area contributed by atoms with Gasteiger partial charge in [-0.05, 0) is 55.6 Å². The number of ether oxygens (including phenoxy) is 1. The van der Waals surface area contributed by atoms with Crippen molar-refractivity contribution in [3.05, 3.63) is 54.1 Å². The molecule has 27 heavy (non-hydrogen) atoms. The maximum atomic E-state index is 11.4. The van der Waals surface area contributed by atoms with Gasteiger partial charge in [0.05, 0.1) is 16.1 Å². The summed E-state index contributed by atoms with van der Waals surface area (Å²) in [4.78, 5) is 18.2. The Bertz CT molecular complexity index is 890. The summed E-state index contributed by atoms with van der Waals surface area (Å²) in [6.07, 6.45) is 2.92. The Morgan fingerprint density at radius 3 is 2.81 bits per heavy atom. The van der Waals surface area contributed by atoms with Crippen LogP contribution >= 0.6 is 11.3 Å². The first kappa shape index (κ1) is 17.9. The summed E-state index contributed by atoms with van der Waals surface area (Å²) >= 11 is 1.55. The van der Waals surface area contributed by atoms with E-state index in [1.165, 1.54) is 5.56 Å². The maximum Gasteiger partial charge on any atom is 0.279 e. The molecule has 2 heterocycles. The van der Waals surface area contributed by atoms with Crippen molar-refractivity contribution in [1.29, 1.82) is 0 Å². The van der Waals surface area contributed by atoms with E-state index >= 15 is 0 Å². The van der Waals surface area contributed by atoms with E-state index in [2.05, 4.69) is 22.0 Å². The van der Waals surface area contributed by atoms with Gasteiger partial charge in [-0.3, -0.25) is 4.79 Å². The molecular weight excluding hydrogens is 358 g/mol. The molecule has 0 spiro atoms. The highest BCUT2D eigenvalue weighted by molar-refractivity contribution is 7.20. The molecule has 1 aromatic heterocycles. The molecule has 1 saturated heterocycles. The third kappa shape index (κ3) is 4.46. The maximum absolute atomic E-state index is 11.4. The molecule has 0 bridgehead atoms. The SMILES string of the molecule is NC(=O)C1CCCN(CCc2ccc(Oc3nc4ccccc4s3)cc2)C1. The lowest BCUT2D eigenvalue weighted by molar-refractivity contribution is -0.123. The average molecular weight is 382 g/mol. The van der Waals surface area contributed by atoms with Crippen molar-refractivity contribution >= 4 is 27.5 Å². The number of nitrogens with zero attached hydrogens (tertiary/aromatic N) is 2. The highest BCUT2D eigenvalue weighted by Crippen LogP contribution is 2.31. The van der Waals surface area contributed by atoms with Gasteiger partial charge < -0.3 is 15.4 Å². The van der Waals surface area contributed by atoms with Crippen molar-refractivity contribution in [2.45, 2.75) is 19.3 Å². The zero-order valence-electron chi connectivity index (χ0n) is 15.1. The molecule has 4 rings (SSSR count). The van der Waals surface area contributed by atoms with Crippen molar-refractivity contribution in [1.82, 2.24) is 9.88 Å². The monoisotopic (exact) mass is 381 g/mol. The number of carbonyl (C=O) groups excluding carboxylic acids is 1. The van der Waals surface area contributed by atoms with Gasteiger partial charge in [0.15, 0.2) is 0 Å². The lowest BCUT2D eigenvalue weighted by atomic mass is 9.97. The van der Waals surface area contributed by atoms with Crippen molar-refractivity contribution in [2.75, 3.05) is 19.6 Å². The fourth-order valence-corrected chi connectivity index (χ4v) is 4.33. The van der Waals surface area contributed by atoms with Crippen LogP contribution in [-0.2, 0) is 11.2 Å². The van der Waals surface area contributed by atoms with Crippen LogP contribution in [0, 0.1) is 5.92 Å². The lowest BCUT2D eigenvalue weighted by Crippen LogP contribution is -2.41. The minimum absolute atomic E-state index is 0.00309. The fraction of sp³-hybridized carbons (Fsp3) is 0.333. The van der Waals surface area contributed by atoms with Gasteiger partial charge in [-0.1, -0.05) is 35.6 Å². The minimum atomic E-state index is -0.170. The topological polar surface area (TPSA) is 68.5 Å². The van der Waals surface area contributed by atoms with Gasteiger partial charge in [-0.2, -0.15) is 0 Å². The van der Waals surface area contributed by atoms with Crippen LogP contribution in [0.3, 0.4) is 0 Å². The van der Waals surface area contributed by atoms with Gasteiger partial charge in [0.25, 0.3) is 5.19 Å². The molecule has 6 heteroatoms. The largest absolute Gasteiger partial charge is 0.431 e. The number of primary amides is 1. The molecule has 1 aliphatic heterocycles. The van der Waals surface area contributed by atoms with Crippen LogP contribution in [-0.4, -0.2) is 35.4 Å². The van der Waals surface area contributed by atoms with Gasteiger partial charge >= 0.3 is 0 Å². The Morgan fingerprint density at radius 2 is 2.04 bits per heavy atom. The number of thiazole rings is 1. The van der Waals surface area contributed by atoms with Crippen LogP contribution in [0.25, 0.3) is 10.2 Å². The third-order valence-electron chi connectivity index (χ3n) is 5.03. The van der Waals surface area contributed by atoms with Crippen molar-refractivity contribution in [3.8, 4) is 10.9 Å². The van der Waals surface area contributed by atoms with E-state index in [1.807, 2.05) is 36.4 Å². The predicted molar refractivity (Wildman–Crippen MR) is 108 cm³/mol. The second kappa shape index (κ2) is 8.06. The molecule has 1 fully saturated rings. The van der Waals surface area contributed by atoms with Crippen LogP contribution in [0.5, 0.6) is 10.9 Å². The third-order valence-corrected chi connectivity index (χ3v) is 5.94. The molecule has 2 aromatic carbocycles. The van der Waals surface area contributed by atoms with Gasteiger partial charge in [0, 0.05) is 13.1 Å². The van der Waals surface area contributed by atoms with Crippen LogP contribution < -0.4 is 10.5 Å². The number of hydrogen-bond donors (Lipinski definition) is 1. The Balaban J connectivity index is 1.32. The molecule has 0 saturated carbocycles. The van der Waals surface area contributed by atoms with E-state index < -0.39 is 0 Å². The number of nitrogens with two attached hydrogens (primary N) is 1. The number of rotatable bonds is 6. The number of aromatic nitrogens is 1. The molecule has 1 unspecified atom stereocenters. The molecule has 1 amide bonds. The number of carbonyl (C=O) groups is 1. The Morgan fingerprint density at radius 1 is 1.22 bits per heavy atom. The number of benzene rings is 2. The summed E-state index contributed by atoms with van der Waals surface area (Å²) in [6.45, 7) is 2.78. The van der Waals surface area contributed by atoms with Gasteiger partial charge in [-0.15, -0.1) is 0 Å². The lowest BCUT2D eigenvalue weighted by Gasteiger charge is -2.31. The number of likely N-dealkylation sites (tertiary alicyclic amines) is 1. The van der Waals surface area contributed by atoms with Crippen LogP contribution in [0.15, 0.2) is 48.5 Å². The quantitative estimate of drug-likeness (QED) is 0.705. The predicted octanol–water partition coefficient (Wildman–Crippen LogP) is 3.83. The summed E-state index contributed by atoms with van der Waals surface area (Å²) in [7, 11) is 0. The summed E-state index contributed by atoms with van der Waals surface area (Å²) < 4.78 is 7.02. The van der Waals surface area contributed by atoms with Gasteiger partial charge in [-0.25, -0.2) is 4.98 Å². The molecule has 3 aromatic rings. The first-order chi connectivity index (χ1) is 13.2. The van der Waals surface area contributed by atoms with Gasteiger partial charge in [0.2, 0.25) is 5.91 Å². The highest BCUT2D eigenvalue weighted by atomic mass is 32.1. The zero-order valence-corrected chi connectivity index (χ0v) is 16.0. The van der Waals surface area contributed by atoms with E-state index in [0.717, 1.165) is 54.9 Å². The molecule has 1 aliphatic rings.